The molecule has 1 heterocycles. The van der Waals surface area contributed by atoms with E-state index in [-0.39, 0.29) is 24.1 Å². The molecule has 1 aromatic rings. The van der Waals surface area contributed by atoms with Gasteiger partial charge in [-0.05, 0) is 12.1 Å². The molecule has 0 aliphatic carbocycles. The maximum atomic E-state index is 12.6. The van der Waals surface area contributed by atoms with Gasteiger partial charge in [0.25, 0.3) is 0 Å². The standard InChI is InChI=1S/C11H15F3N4O/c1-7(19)16-3-4-17-10-6-8(11(12,13)14)5-9(15-2)18-10/h5-6H,3-4H2,1-2H3,(H,16,19)(H2,15,17,18). The van der Waals surface area contributed by atoms with Crippen LogP contribution < -0.4 is 16.0 Å². The zero-order valence-corrected chi connectivity index (χ0v) is 10.6. The zero-order valence-electron chi connectivity index (χ0n) is 10.6. The first kappa shape index (κ1) is 15.1. The van der Waals surface area contributed by atoms with Crippen molar-refractivity contribution in [3.63, 3.8) is 0 Å². The summed E-state index contributed by atoms with van der Waals surface area (Å²) in [4.78, 5) is 14.6. The van der Waals surface area contributed by atoms with E-state index in [0.717, 1.165) is 12.1 Å². The van der Waals surface area contributed by atoms with Crippen molar-refractivity contribution >= 4 is 17.5 Å². The molecule has 0 atom stereocenters. The number of hydrogen-bond acceptors (Lipinski definition) is 4. The van der Waals surface area contributed by atoms with Crippen LogP contribution in [0.15, 0.2) is 12.1 Å². The first-order chi connectivity index (χ1) is 8.82. The van der Waals surface area contributed by atoms with Crippen molar-refractivity contribution in [3.05, 3.63) is 17.7 Å². The van der Waals surface area contributed by atoms with Gasteiger partial charge in [-0.25, -0.2) is 4.98 Å². The van der Waals surface area contributed by atoms with Gasteiger partial charge in [0.2, 0.25) is 5.91 Å². The van der Waals surface area contributed by atoms with Crippen molar-refractivity contribution in [3.8, 4) is 0 Å². The molecule has 0 spiro atoms. The maximum absolute atomic E-state index is 12.6. The van der Waals surface area contributed by atoms with Crippen molar-refractivity contribution in [2.75, 3.05) is 30.8 Å². The molecule has 0 unspecified atom stereocenters. The largest absolute Gasteiger partial charge is 0.416 e. The van der Waals surface area contributed by atoms with Crippen LogP contribution in [-0.2, 0) is 11.0 Å². The number of alkyl halides is 3. The summed E-state index contributed by atoms with van der Waals surface area (Å²) in [6.07, 6.45) is -4.43. The Morgan fingerprint density at radius 3 is 2.42 bits per heavy atom. The second-order valence-corrected chi connectivity index (χ2v) is 3.78. The quantitative estimate of drug-likeness (QED) is 0.716. The number of pyridine rings is 1. The summed E-state index contributed by atoms with van der Waals surface area (Å²) >= 11 is 0. The van der Waals surface area contributed by atoms with E-state index < -0.39 is 11.7 Å². The first-order valence-electron chi connectivity index (χ1n) is 5.58. The number of rotatable bonds is 5. The number of carbonyl (C=O) groups is 1. The van der Waals surface area contributed by atoms with E-state index in [1.165, 1.54) is 14.0 Å². The van der Waals surface area contributed by atoms with Gasteiger partial charge in [-0.3, -0.25) is 4.79 Å². The molecule has 0 saturated heterocycles. The molecule has 19 heavy (non-hydrogen) atoms. The van der Waals surface area contributed by atoms with Gasteiger partial charge in [0, 0.05) is 27.1 Å². The van der Waals surface area contributed by atoms with Crippen molar-refractivity contribution in [2.45, 2.75) is 13.1 Å². The molecular weight excluding hydrogens is 261 g/mol. The molecule has 8 heteroatoms. The summed E-state index contributed by atoms with van der Waals surface area (Å²) in [5.74, 6) is 0.0242. The van der Waals surface area contributed by atoms with Crippen LogP contribution in [0.5, 0.6) is 0 Å². The monoisotopic (exact) mass is 276 g/mol. The van der Waals surface area contributed by atoms with Crippen LogP contribution >= 0.6 is 0 Å². The fourth-order valence-electron chi connectivity index (χ4n) is 1.34. The van der Waals surface area contributed by atoms with Crippen LogP contribution in [0, 0.1) is 0 Å². The highest BCUT2D eigenvalue weighted by Gasteiger charge is 2.31. The number of aromatic nitrogens is 1. The smallest absolute Gasteiger partial charge is 0.373 e. The molecule has 0 radical (unpaired) electrons. The average Bonchev–Trinajstić information content (AvgIpc) is 2.33. The van der Waals surface area contributed by atoms with Crippen LogP contribution in [0.25, 0.3) is 0 Å². The van der Waals surface area contributed by atoms with Crippen molar-refractivity contribution < 1.29 is 18.0 Å². The van der Waals surface area contributed by atoms with Crippen molar-refractivity contribution in [2.24, 2.45) is 0 Å². The Bertz CT molecular complexity index is 448. The number of nitrogens with one attached hydrogen (secondary N) is 3. The van der Waals surface area contributed by atoms with Gasteiger partial charge in [0.15, 0.2) is 0 Å². The lowest BCUT2D eigenvalue weighted by Crippen LogP contribution is -2.26. The van der Waals surface area contributed by atoms with Gasteiger partial charge in [0.05, 0.1) is 5.56 Å². The van der Waals surface area contributed by atoms with Crippen molar-refractivity contribution in [1.82, 2.24) is 10.3 Å². The van der Waals surface area contributed by atoms with Crippen LogP contribution in [-0.4, -0.2) is 31.0 Å². The molecule has 1 aromatic heterocycles. The first-order valence-corrected chi connectivity index (χ1v) is 5.58. The Labute approximate surface area is 108 Å². The number of nitrogens with zero attached hydrogens (tertiary/aromatic N) is 1. The number of anilines is 2. The summed E-state index contributed by atoms with van der Waals surface area (Å²) in [5.41, 5.74) is -0.783. The topological polar surface area (TPSA) is 66.0 Å². The molecule has 1 amide bonds. The lowest BCUT2D eigenvalue weighted by molar-refractivity contribution is -0.137. The van der Waals surface area contributed by atoms with Crippen LogP contribution in [0.4, 0.5) is 24.8 Å². The molecule has 5 nitrogen and oxygen atoms in total. The Morgan fingerprint density at radius 1 is 1.26 bits per heavy atom. The Balaban J connectivity index is 2.74. The minimum atomic E-state index is -4.43. The van der Waals surface area contributed by atoms with Gasteiger partial charge in [-0.2, -0.15) is 13.2 Å². The second kappa shape index (κ2) is 6.26. The fraction of sp³-hybridized carbons (Fsp3) is 0.455. The van der Waals surface area contributed by atoms with E-state index in [1.807, 2.05) is 0 Å². The van der Waals surface area contributed by atoms with Gasteiger partial charge in [-0.15, -0.1) is 0 Å². The third kappa shape index (κ3) is 5.02. The van der Waals surface area contributed by atoms with E-state index in [0.29, 0.717) is 6.54 Å². The number of halogens is 3. The fourth-order valence-corrected chi connectivity index (χ4v) is 1.34. The minimum Gasteiger partial charge on any atom is -0.373 e. The predicted octanol–water partition coefficient (Wildman–Crippen LogP) is 1.69. The molecule has 106 valence electrons. The third-order valence-electron chi connectivity index (χ3n) is 2.21. The number of hydrogen-bond donors (Lipinski definition) is 3. The highest BCUT2D eigenvalue weighted by molar-refractivity contribution is 5.72. The normalized spacial score (nSPS) is 11.0. The molecule has 0 aliphatic rings. The zero-order chi connectivity index (χ0) is 14.5. The average molecular weight is 276 g/mol. The van der Waals surface area contributed by atoms with Crippen LogP contribution in [0.1, 0.15) is 12.5 Å². The maximum Gasteiger partial charge on any atom is 0.416 e. The van der Waals surface area contributed by atoms with E-state index in [1.54, 1.807) is 0 Å². The van der Waals surface area contributed by atoms with E-state index in [9.17, 15) is 18.0 Å². The lowest BCUT2D eigenvalue weighted by atomic mass is 10.2. The highest BCUT2D eigenvalue weighted by Crippen LogP contribution is 2.31. The van der Waals surface area contributed by atoms with Crippen molar-refractivity contribution in [1.29, 1.82) is 0 Å². The molecule has 0 fully saturated rings. The van der Waals surface area contributed by atoms with E-state index >= 15 is 0 Å². The molecule has 0 bridgehead atoms. The number of carbonyl (C=O) groups excluding carboxylic acids is 1. The molecule has 0 aliphatic heterocycles. The Hall–Kier alpha value is -1.99. The van der Waals surface area contributed by atoms with Gasteiger partial charge < -0.3 is 16.0 Å². The molecule has 0 saturated carbocycles. The third-order valence-corrected chi connectivity index (χ3v) is 2.21. The van der Waals surface area contributed by atoms with Gasteiger partial charge >= 0.3 is 6.18 Å². The minimum absolute atomic E-state index is 0.101. The van der Waals surface area contributed by atoms with E-state index in [2.05, 4.69) is 20.9 Å². The molecule has 0 aromatic carbocycles. The van der Waals surface area contributed by atoms with Crippen LogP contribution in [0.3, 0.4) is 0 Å². The van der Waals surface area contributed by atoms with E-state index in [4.69, 9.17) is 0 Å². The highest BCUT2D eigenvalue weighted by atomic mass is 19.4. The molecule has 1 rings (SSSR count). The van der Waals surface area contributed by atoms with Crippen LogP contribution in [0.2, 0.25) is 0 Å². The SMILES string of the molecule is CNc1cc(C(F)(F)F)cc(NCCNC(C)=O)n1. The molecule has 3 N–H and O–H groups in total. The number of amides is 1. The lowest BCUT2D eigenvalue weighted by Gasteiger charge is -2.12. The van der Waals surface area contributed by atoms with Gasteiger partial charge in [0.1, 0.15) is 11.6 Å². The second-order valence-electron chi connectivity index (χ2n) is 3.78. The Morgan fingerprint density at radius 2 is 1.89 bits per heavy atom. The summed E-state index contributed by atoms with van der Waals surface area (Å²) < 4.78 is 37.9. The Kier molecular flexibility index (Phi) is 4.96. The van der Waals surface area contributed by atoms with Gasteiger partial charge in [-0.1, -0.05) is 0 Å². The summed E-state index contributed by atoms with van der Waals surface area (Å²) in [6, 6.07) is 1.85. The summed E-state index contributed by atoms with van der Waals surface area (Å²) in [6.45, 7) is 1.96. The molecular formula is C11H15F3N4O. The summed E-state index contributed by atoms with van der Waals surface area (Å²) in [7, 11) is 1.49. The predicted molar refractivity (Wildman–Crippen MR) is 66.0 cm³/mol. The summed E-state index contributed by atoms with van der Waals surface area (Å²) in [5, 5.41) is 7.81.